The van der Waals surface area contributed by atoms with Gasteiger partial charge in [0.25, 0.3) is 0 Å². The lowest BCUT2D eigenvalue weighted by Gasteiger charge is -2.33. The zero-order valence-corrected chi connectivity index (χ0v) is 40.2. The van der Waals surface area contributed by atoms with Crippen LogP contribution in [0.1, 0.15) is 102 Å². The number of methoxy groups -OCH3 is 1. The first kappa shape index (κ1) is 48.7. The van der Waals surface area contributed by atoms with Crippen molar-refractivity contribution < 1.29 is 56.4 Å². The summed E-state index contributed by atoms with van der Waals surface area (Å²) in [6, 6.07) is 5.13. The summed E-state index contributed by atoms with van der Waals surface area (Å²) in [7, 11) is -3.18. The quantitative estimate of drug-likeness (QED) is 0.115. The summed E-state index contributed by atoms with van der Waals surface area (Å²) in [5.41, 5.74) is 0.323. The Hall–Kier alpha value is -4.71. The van der Waals surface area contributed by atoms with E-state index in [2.05, 4.69) is 16.0 Å². The predicted molar refractivity (Wildman–Crippen MR) is 247 cm³/mol. The number of fused-ring (bicyclic) bond motifs is 3. The number of carbonyl (C=O) groups excluding carboxylic acids is 4. The molecule has 8 rings (SSSR count). The van der Waals surface area contributed by atoms with E-state index in [9.17, 15) is 23.8 Å². The van der Waals surface area contributed by atoms with Gasteiger partial charge in [-0.3, -0.25) is 23.9 Å². The van der Waals surface area contributed by atoms with Gasteiger partial charge >= 0.3 is 12.1 Å². The highest BCUT2D eigenvalue weighted by molar-refractivity contribution is 8.14. The van der Waals surface area contributed by atoms with E-state index in [1.807, 2.05) is 13.8 Å². The Morgan fingerprint density at radius 3 is 2.54 bits per heavy atom. The second-order valence-electron chi connectivity index (χ2n) is 18.3. The Kier molecular flexibility index (Phi) is 14.6. The van der Waals surface area contributed by atoms with E-state index in [-0.39, 0.29) is 49.0 Å². The number of thioether (sulfide) groups is 1. The number of nitrogens with one attached hydrogen (secondary N) is 3. The molecule has 3 unspecified atom stereocenters. The van der Waals surface area contributed by atoms with Crippen molar-refractivity contribution in [3.63, 3.8) is 0 Å². The van der Waals surface area contributed by atoms with Crippen LogP contribution in [0.4, 0.5) is 13.6 Å². The van der Waals surface area contributed by atoms with Crippen LogP contribution in [0, 0.1) is 17.6 Å². The number of benzene rings is 2. The minimum Gasteiger partial charge on any atom is -0.495 e. The van der Waals surface area contributed by atoms with Crippen LogP contribution in [0.15, 0.2) is 41.4 Å². The number of amides is 3. The summed E-state index contributed by atoms with van der Waals surface area (Å²) in [5, 5.41) is 8.46. The maximum atomic E-state index is 15.0. The van der Waals surface area contributed by atoms with Crippen LogP contribution in [0.25, 0.3) is 10.9 Å². The van der Waals surface area contributed by atoms with Crippen LogP contribution >= 0.6 is 30.7 Å². The zero-order chi connectivity index (χ0) is 47.8. The molecule has 362 valence electrons. The number of hydrogen-bond acceptors (Lipinski definition) is 13. The number of amidine groups is 1. The second kappa shape index (κ2) is 20.1. The molecule has 21 heteroatoms. The van der Waals surface area contributed by atoms with Crippen molar-refractivity contribution in [2.24, 2.45) is 10.9 Å². The Balaban J connectivity index is 1.16. The van der Waals surface area contributed by atoms with Crippen molar-refractivity contribution in [1.82, 2.24) is 25.8 Å². The lowest BCUT2D eigenvalue weighted by Crippen LogP contribution is -2.58. The van der Waals surface area contributed by atoms with Gasteiger partial charge in [0.15, 0.2) is 5.17 Å². The van der Waals surface area contributed by atoms with Gasteiger partial charge in [0, 0.05) is 41.7 Å². The standard InChI is InChI=1S/C46H56ClF2N6O10PS/c1-24(2)50-44-52-34(23-67-44)33-19-37(29-16-17-36(62-4)39(47)41(29)51-33)64-28-18-35-42(57)54-46(66(60,61)22-30-31(48)13-9-14-32(30)49)20-26(46)10-5-8-15-38(56)63-25(3)40(43(58)55(35)21-28)53-45(59)65-27-11-6-7-12-27/h9,13-14,16-17,19,24-28,34-35,40H,5-8,10-12,15,18,20-23H2,1-4H3,(H,50,52)(H,53,59)(H,54,57)(H,60,61)/t25-,26+,28?,34?,35-,40-,46-/m0/s1. The molecule has 0 bridgehead atoms. The third-order valence-electron chi connectivity index (χ3n) is 13.2. The predicted octanol–water partition coefficient (Wildman–Crippen LogP) is 7.51. The fraction of sp³-hybridized carbons (Fsp3) is 0.565. The number of pyridine rings is 1. The molecule has 2 aromatic carbocycles. The Bertz CT molecular complexity index is 2480. The molecule has 67 heavy (non-hydrogen) atoms. The van der Waals surface area contributed by atoms with Crippen LogP contribution in [-0.2, 0) is 34.6 Å². The first-order chi connectivity index (χ1) is 32.0. The zero-order valence-electron chi connectivity index (χ0n) is 37.7. The molecule has 4 N–H and O–H groups in total. The molecule has 4 fully saturated rings. The normalized spacial score (nSPS) is 28.0. The number of aliphatic imine (C=N–C) groups is 1. The van der Waals surface area contributed by atoms with Gasteiger partial charge in [-0.05, 0) is 95.9 Å². The van der Waals surface area contributed by atoms with Gasteiger partial charge in [-0.2, -0.15) is 0 Å². The largest absolute Gasteiger partial charge is 0.495 e. The van der Waals surface area contributed by atoms with Gasteiger partial charge in [-0.1, -0.05) is 35.9 Å². The van der Waals surface area contributed by atoms with Crippen LogP contribution in [0.5, 0.6) is 11.5 Å². The average molecular weight is 989 g/mol. The molecule has 16 nitrogen and oxygen atoms in total. The van der Waals surface area contributed by atoms with Gasteiger partial charge in [-0.15, -0.1) is 0 Å². The summed E-state index contributed by atoms with van der Waals surface area (Å²) in [4.78, 5) is 79.4. The van der Waals surface area contributed by atoms with Gasteiger partial charge in [-0.25, -0.2) is 18.6 Å². The molecule has 2 saturated carbocycles. The molecule has 2 saturated heterocycles. The van der Waals surface area contributed by atoms with Gasteiger partial charge in [0.05, 0.1) is 31.0 Å². The number of nitrogens with zero attached hydrogens (tertiary/aromatic N) is 3. The van der Waals surface area contributed by atoms with Crippen LogP contribution < -0.4 is 25.4 Å². The van der Waals surface area contributed by atoms with Crippen molar-refractivity contribution in [3.05, 3.63) is 64.3 Å². The van der Waals surface area contributed by atoms with Crippen molar-refractivity contribution in [2.75, 3.05) is 19.4 Å². The fourth-order valence-electron chi connectivity index (χ4n) is 9.59. The topological polar surface area (TPSA) is 207 Å². The van der Waals surface area contributed by atoms with E-state index < -0.39 is 90.1 Å². The highest BCUT2D eigenvalue weighted by Crippen LogP contribution is 2.71. The first-order valence-electron chi connectivity index (χ1n) is 22.8. The summed E-state index contributed by atoms with van der Waals surface area (Å²) in [6.45, 7) is 5.25. The van der Waals surface area contributed by atoms with Crippen molar-refractivity contribution in [3.8, 4) is 11.5 Å². The molecular weight excluding hydrogens is 933 g/mol. The summed E-state index contributed by atoms with van der Waals surface area (Å²) in [6.07, 6.45) is -0.480. The number of ether oxygens (including phenoxy) is 4. The lowest BCUT2D eigenvalue weighted by molar-refractivity contribution is -0.154. The lowest BCUT2D eigenvalue weighted by atomic mass is 10.1. The van der Waals surface area contributed by atoms with Crippen molar-refractivity contribution >= 4 is 70.7 Å². The average Bonchev–Trinajstić information content (AvgIpc) is 3.69. The second-order valence-corrected chi connectivity index (χ2v) is 22.2. The van der Waals surface area contributed by atoms with Gasteiger partial charge in [0.2, 0.25) is 19.2 Å². The highest BCUT2D eigenvalue weighted by Gasteiger charge is 2.66. The Morgan fingerprint density at radius 2 is 1.82 bits per heavy atom. The van der Waals surface area contributed by atoms with Crippen LogP contribution in [0.2, 0.25) is 5.02 Å². The monoisotopic (exact) mass is 988 g/mol. The molecule has 1 aromatic heterocycles. The van der Waals surface area contributed by atoms with Crippen LogP contribution in [0.3, 0.4) is 0 Å². The van der Waals surface area contributed by atoms with E-state index in [4.69, 9.17) is 40.5 Å². The molecule has 2 aliphatic carbocycles. The van der Waals surface area contributed by atoms with Gasteiger partial charge < -0.3 is 44.7 Å². The Morgan fingerprint density at radius 1 is 1.09 bits per heavy atom. The van der Waals surface area contributed by atoms with E-state index in [0.29, 0.717) is 66.0 Å². The number of cyclic esters (lactones) is 1. The van der Waals surface area contributed by atoms with E-state index >= 15 is 13.6 Å². The summed E-state index contributed by atoms with van der Waals surface area (Å²) >= 11 is 8.42. The number of esters is 1. The third-order valence-corrected chi connectivity index (χ3v) is 17.2. The van der Waals surface area contributed by atoms with E-state index in [1.165, 1.54) is 18.9 Å². The summed E-state index contributed by atoms with van der Waals surface area (Å²) in [5.74, 6) is -3.61. The molecular formula is C46H56ClF2N6O10PS. The highest BCUT2D eigenvalue weighted by atomic mass is 35.5. The fourth-order valence-corrected chi connectivity index (χ4v) is 13.5. The molecule has 0 spiro atoms. The minimum absolute atomic E-state index is 0.00813. The molecule has 3 aromatic rings. The number of aromatic nitrogens is 1. The van der Waals surface area contributed by atoms with Crippen molar-refractivity contribution in [1.29, 1.82) is 0 Å². The summed E-state index contributed by atoms with van der Waals surface area (Å²) < 4.78 is 68.3. The molecule has 4 heterocycles. The van der Waals surface area contributed by atoms with Gasteiger partial charge in [0.1, 0.15) is 69.9 Å². The smallest absolute Gasteiger partial charge is 0.408 e. The number of hydrogen-bond donors (Lipinski definition) is 4. The first-order valence-corrected chi connectivity index (χ1v) is 26.0. The van der Waals surface area contributed by atoms with E-state index in [0.717, 1.165) is 36.2 Å². The van der Waals surface area contributed by atoms with Crippen molar-refractivity contribution in [2.45, 2.75) is 139 Å². The molecule has 3 aliphatic heterocycles. The maximum absolute atomic E-state index is 15.0. The number of halogens is 3. The molecule has 3 amide bonds. The number of rotatable bonds is 10. The van der Waals surface area contributed by atoms with E-state index in [1.54, 1.807) is 30.0 Å². The number of carbonyl (C=O) groups is 4. The third kappa shape index (κ3) is 10.5. The maximum Gasteiger partial charge on any atom is 0.408 e. The molecule has 0 radical (unpaired) electrons. The van der Waals surface area contributed by atoms with Crippen LogP contribution in [-0.4, -0.2) is 105 Å². The minimum atomic E-state index is -4.67. The Labute approximate surface area is 396 Å². The number of alkyl carbamates (subject to hydrolysis) is 1. The molecule has 8 atom stereocenters. The molecule has 5 aliphatic rings. The SMILES string of the molecule is COc1ccc2c(OC3C[C@H]4C(=O)N[C@]5(P(=O)(O)Cc6c(F)cccc6F)C[C@H]5CCCCC(=O)O[C@@H](C)[C@H](NC(=O)OC5CCCC5)C(=O)N4C3)cc(C3CSC(NC(C)C)=N3)nc2c1Cl.